The highest BCUT2D eigenvalue weighted by molar-refractivity contribution is 9.15. The molecule has 0 bridgehead atoms. The van der Waals surface area contributed by atoms with Crippen molar-refractivity contribution in [2.75, 3.05) is 10.8 Å². The van der Waals surface area contributed by atoms with Crippen LogP contribution in [0.25, 0.3) is 10.1 Å². The third-order valence-corrected chi connectivity index (χ3v) is 8.21. The molecule has 0 unspecified atom stereocenters. The van der Waals surface area contributed by atoms with E-state index < -0.39 is 10.0 Å². The van der Waals surface area contributed by atoms with E-state index in [9.17, 15) is 8.42 Å². The number of halogens is 1. The lowest BCUT2D eigenvalue weighted by molar-refractivity contribution is 0.483. The first-order valence-corrected chi connectivity index (χ1v) is 12.1. The number of nitrogens with zero attached hydrogens (tertiary/aromatic N) is 3. The molecule has 1 aliphatic heterocycles. The predicted molar refractivity (Wildman–Crippen MR) is 119 cm³/mol. The molecule has 1 aromatic heterocycles. The SMILES string of the molecule is Cc1ccc(S(=O)(=O)N2CCC(c3nnc(C4CC4)o3)=C(Br)c3ccccc32)cc1. The molecule has 0 N–H and O–H groups in total. The number of sulfonamides is 1. The molecule has 0 spiro atoms. The first kappa shape index (κ1) is 19.5. The summed E-state index contributed by atoms with van der Waals surface area (Å²) in [6.45, 7) is 2.21. The second kappa shape index (κ2) is 7.35. The lowest BCUT2D eigenvalue weighted by atomic mass is 10.1. The van der Waals surface area contributed by atoms with Crippen LogP contribution in [0.3, 0.4) is 0 Å². The smallest absolute Gasteiger partial charge is 0.264 e. The summed E-state index contributed by atoms with van der Waals surface area (Å²) in [6.07, 6.45) is 2.60. The van der Waals surface area contributed by atoms with E-state index in [1.54, 1.807) is 12.1 Å². The van der Waals surface area contributed by atoms with Gasteiger partial charge in [-0.2, -0.15) is 0 Å². The summed E-state index contributed by atoms with van der Waals surface area (Å²) >= 11 is 3.69. The van der Waals surface area contributed by atoms with Crippen molar-refractivity contribution in [3.05, 3.63) is 71.4 Å². The standard InChI is InChI=1S/C22H20BrN3O3S/c1-14-6-10-16(11-7-14)30(27,28)26-13-12-18(20(23)17-4-2-3-5-19(17)26)22-25-24-21(29-22)15-8-9-15/h2-7,10-11,15H,8-9,12-13H2,1H3. The van der Waals surface area contributed by atoms with Crippen LogP contribution in [-0.4, -0.2) is 25.2 Å². The van der Waals surface area contributed by atoms with Gasteiger partial charge >= 0.3 is 0 Å². The number of para-hydroxylation sites is 1. The zero-order chi connectivity index (χ0) is 20.9. The maximum absolute atomic E-state index is 13.5. The van der Waals surface area contributed by atoms with Gasteiger partial charge in [0.05, 0.1) is 10.6 Å². The molecule has 30 heavy (non-hydrogen) atoms. The number of aryl methyl sites for hydroxylation is 1. The Labute approximate surface area is 183 Å². The van der Waals surface area contributed by atoms with Crippen LogP contribution < -0.4 is 4.31 Å². The summed E-state index contributed by atoms with van der Waals surface area (Å²) < 4.78 is 35.2. The minimum absolute atomic E-state index is 0.274. The van der Waals surface area contributed by atoms with Crippen LogP contribution in [0, 0.1) is 6.92 Å². The fourth-order valence-corrected chi connectivity index (χ4v) is 5.81. The molecule has 8 heteroatoms. The van der Waals surface area contributed by atoms with Gasteiger partial charge in [-0.3, -0.25) is 4.31 Å². The van der Waals surface area contributed by atoms with E-state index in [-0.39, 0.29) is 11.4 Å². The van der Waals surface area contributed by atoms with E-state index in [1.807, 2.05) is 43.3 Å². The average Bonchev–Trinajstić information content (AvgIpc) is 3.50. The quantitative estimate of drug-likeness (QED) is 0.512. The Morgan fingerprint density at radius 3 is 2.53 bits per heavy atom. The largest absolute Gasteiger partial charge is 0.421 e. The van der Waals surface area contributed by atoms with Crippen molar-refractivity contribution in [1.29, 1.82) is 0 Å². The molecular weight excluding hydrogens is 466 g/mol. The highest BCUT2D eigenvalue weighted by Gasteiger charge is 2.33. The van der Waals surface area contributed by atoms with Crippen molar-refractivity contribution < 1.29 is 12.8 Å². The monoisotopic (exact) mass is 485 g/mol. The second-order valence-electron chi connectivity index (χ2n) is 7.67. The van der Waals surface area contributed by atoms with E-state index in [0.717, 1.165) is 34.0 Å². The lowest BCUT2D eigenvalue weighted by Gasteiger charge is -2.24. The summed E-state index contributed by atoms with van der Waals surface area (Å²) in [6, 6.07) is 14.4. The number of fused-ring (bicyclic) bond motifs is 1. The Morgan fingerprint density at radius 2 is 1.80 bits per heavy atom. The summed E-state index contributed by atoms with van der Waals surface area (Å²) in [5, 5.41) is 8.44. The molecule has 1 saturated carbocycles. The molecule has 1 fully saturated rings. The molecule has 0 saturated heterocycles. The Morgan fingerprint density at radius 1 is 1.07 bits per heavy atom. The molecule has 5 rings (SSSR count). The Kier molecular flexibility index (Phi) is 4.78. The van der Waals surface area contributed by atoms with Gasteiger partial charge < -0.3 is 4.42 Å². The number of hydrogen-bond acceptors (Lipinski definition) is 5. The fraction of sp³-hybridized carbons (Fsp3) is 0.273. The van der Waals surface area contributed by atoms with Crippen LogP contribution in [0.1, 0.15) is 48.1 Å². The van der Waals surface area contributed by atoms with Gasteiger partial charge in [-0.1, -0.05) is 35.9 Å². The highest BCUT2D eigenvalue weighted by atomic mass is 79.9. The molecule has 3 aromatic rings. The number of rotatable bonds is 4. The normalized spacial score (nSPS) is 17.1. The molecule has 0 radical (unpaired) electrons. The van der Waals surface area contributed by atoms with Crippen LogP contribution in [0.4, 0.5) is 5.69 Å². The number of benzene rings is 2. The first-order valence-electron chi connectivity index (χ1n) is 9.86. The van der Waals surface area contributed by atoms with Crippen LogP contribution >= 0.6 is 15.9 Å². The van der Waals surface area contributed by atoms with Crippen molar-refractivity contribution in [2.45, 2.75) is 37.0 Å². The van der Waals surface area contributed by atoms with Gasteiger partial charge in [-0.05, 0) is 60.3 Å². The Balaban J connectivity index is 1.58. The van der Waals surface area contributed by atoms with Crippen molar-refractivity contribution in [2.24, 2.45) is 0 Å². The van der Waals surface area contributed by atoms with Gasteiger partial charge in [0.1, 0.15) is 0 Å². The minimum Gasteiger partial charge on any atom is -0.421 e. The third kappa shape index (κ3) is 3.37. The predicted octanol–water partition coefficient (Wildman–Crippen LogP) is 5.12. The minimum atomic E-state index is -3.72. The van der Waals surface area contributed by atoms with E-state index in [1.165, 1.54) is 4.31 Å². The van der Waals surface area contributed by atoms with E-state index >= 15 is 0 Å². The average molecular weight is 486 g/mol. The van der Waals surface area contributed by atoms with Crippen LogP contribution in [0.5, 0.6) is 0 Å². The zero-order valence-electron chi connectivity index (χ0n) is 16.4. The summed E-state index contributed by atoms with van der Waals surface area (Å²) in [7, 11) is -3.72. The third-order valence-electron chi connectivity index (χ3n) is 5.47. The van der Waals surface area contributed by atoms with Crippen LogP contribution in [0.2, 0.25) is 0 Å². The topological polar surface area (TPSA) is 76.3 Å². The molecule has 2 heterocycles. The van der Waals surface area contributed by atoms with E-state index in [2.05, 4.69) is 26.1 Å². The maximum Gasteiger partial charge on any atom is 0.264 e. The molecular formula is C22H20BrN3O3S. The number of aromatic nitrogens is 2. The van der Waals surface area contributed by atoms with Gasteiger partial charge in [0.15, 0.2) is 0 Å². The molecule has 2 aliphatic rings. The van der Waals surface area contributed by atoms with Gasteiger partial charge in [0.2, 0.25) is 11.8 Å². The molecule has 1 aliphatic carbocycles. The van der Waals surface area contributed by atoms with E-state index in [4.69, 9.17) is 4.42 Å². The molecule has 6 nitrogen and oxygen atoms in total. The van der Waals surface area contributed by atoms with Gasteiger partial charge in [-0.25, -0.2) is 8.42 Å². The van der Waals surface area contributed by atoms with Crippen molar-refractivity contribution in [3.8, 4) is 0 Å². The van der Waals surface area contributed by atoms with Crippen LogP contribution in [-0.2, 0) is 10.0 Å². The molecule has 0 atom stereocenters. The molecule has 154 valence electrons. The van der Waals surface area contributed by atoms with Crippen LogP contribution in [0.15, 0.2) is 57.8 Å². The Bertz CT molecular complexity index is 1240. The van der Waals surface area contributed by atoms with Crippen molar-refractivity contribution >= 4 is 41.7 Å². The second-order valence-corrected chi connectivity index (χ2v) is 10.3. The van der Waals surface area contributed by atoms with Crippen molar-refractivity contribution in [3.63, 3.8) is 0 Å². The van der Waals surface area contributed by atoms with Gasteiger partial charge in [0.25, 0.3) is 10.0 Å². The first-order chi connectivity index (χ1) is 14.4. The Hall–Kier alpha value is -2.45. The molecule has 0 amide bonds. The van der Waals surface area contributed by atoms with Gasteiger partial charge in [0, 0.05) is 28.1 Å². The fourth-order valence-electron chi connectivity index (χ4n) is 3.62. The molecule has 2 aromatic carbocycles. The van der Waals surface area contributed by atoms with E-state index in [0.29, 0.717) is 29.8 Å². The summed E-state index contributed by atoms with van der Waals surface area (Å²) in [4.78, 5) is 0.274. The zero-order valence-corrected chi connectivity index (χ0v) is 18.8. The maximum atomic E-state index is 13.5. The summed E-state index contributed by atoms with van der Waals surface area (Å²) in [5.41, 5.74) is 3.25. The van der Waals surface area contributed by atoms with Crippen molar-refractivity contribution in [1.82, 2.24) is 10.2 Å². The highest BCUT2D eigenvalue weighted by Crippen LogP contribution is 2.44. The number of hydrogen-bond donors (Lipinski definition) is 0. The van der Waals surface area contributed by atoms with Gasteiger partial charge in [-0.15, -0.1) is 10.2 Å². The number of anilines is 1. The summed E-state index contributed by atoms with van der Waals surface area (Å²) in [5.74, 6) is 1.48. The lowest BCUT2D eigenvalue weighted by Crippen LogP contribution is -2.32.